The number of nitrogens with zero attached hydrogens (tertiary/aromatic N) is 3. The summed E-state index contributed by atoms with van der Waals surface area (Å²) in [6, 6.07) is 6.55. The molecule has 0 aromatic heterocycles. The van der Waals surface area contributed by atoms with Crippen molar-refractivity contribution < 1.29 is 9.66 Å². The second-order valence-electron chi connectivity index (χ2n) is 6.60. The molecule has 164 valence electrons. The summed E-state index contributed by atoms with van der Waals surface area (Å²) < 4.78 is 5.38. The number of halogens is 1. The molecule has 10 heteroatoms. The van der Waals surface area contributed by atoms with Crippen molar-refractivity contribution in [2.45, 2.75) is 19.4 Å². The number of aliphatic imine (C=N–C) groups is 1. The summed E-state index contributed by atoms with van der Waals surface area (Å²) in [7, 11) is 0. The number of guanidine groups is 1. The van der Waals surface area contributed by atoms with Crippen LogP contribution in [0.15, 0.2) is 29.3 Å². The predicted octanol–water partition coefficient (Wildman–Crippen LogP) is 2.72. The van der Waals surface area contributed by atoms with E-state index in [1.54, 1.807) is 12.1 Å². The summed E-state index contributed by atoms with van der Waals surface area (Å²) >= 11 is 1.83. The topological polar surface area (TPSA) is 92.0 Å². The fourth-order valence-electron chi connectivity index (χ4n) is 2.83. The molecule has 0 aliphatic carbocycles. The second-order valence-corrected chi connectivity index (χ2v) is 7.58. The van der Waals surface area contributed by atoms with E-state index in [9.17, 15) is 10.1 Å². The first-order valence-corrected chi connectivity index (χ1v) is 11.1. The molecule has 1 aromatic rings. The number of hydrogen-bond donors (Lipinski definition) is 2. The number of nitro benzene ring substituents is 1. The van der Waals surface area contributed by atoms with E-state index in [0.717, 1.165) is 76.1 Å². The maximum absolute atomic E-state index is 10.8. The number of non-ortho nitro benzene ring substituents is 1. The van der Waals surface area contributed by atoms with Crippen LogP contribution < -0.4 is 10.6 Å². The number of nitro groups is 1. The van der Waals surface area contributed by atoms with Gasteiger partial charge in [-0.2, -0.15) is 11.8 Å². The summed E-state index contributed by atoms with van der Waals surface area (Å²) in [5.74, 6) is 1.90. The quantitative estimate of drug-likeness (QED) is 0.112. The number of thioether (sulfide) groups is 1. The zero-order valence-corrected chi connectivity index (χ0v) is 20.1. The summed E-state index contributed by atoms with van der Waals surface area (Å²) in [4.78, 5) is 17.4. The van der Waals surface area contributed by atoms with Gasteiger partial charge in [-0.15, -0.1) is 24.0 Å². The highest BCUT2D eigenvalue weighted by Crippen LogP contribution is 2.12. The van der Waals surface area contributed by atoms with Gasteiger partial charge in [0.1, 0.15) is 0 Å². The van der Waals surface area contributed by atoms with Crippen LogP contribution in [0, 0.1) is 10.1 Å². The molecule has 0 atom stereocenters. The highest BCUT2D eigenvalue weighted by atomic mass is 127. The Hall–Kier alpha value is -1.11. The Morgan fingerprint density at radius 3 is 2.48 bits per heavy atom. The number of nitrogens with one attached hydrogen (secondary N) is 2. The van der Waals surface area contributed by atoms with Crippen molar-refractivity contribution in [3.8, 4) is 0 Å². The minimum atomic E-state index is -0.387. The smallest absolute Gasteiger partial charge is 0.269 e. The van der Waals surface area contributed by atoms with Crippen molar-refractivity contribution in [1.82, 2.24) is 15.5 Å². The maximum atomic E-state index is 10.8. The lowest BCUT2D eigenvalue weighted by Gasteiger charge is -2.26. The molecule has 1 aromatic carbocycles. The van der Waals surface area contributed by atoms with E-state index in [1.807, 2.05) is 11.8 Å². The Morgan fingerprint density at radius 2 is 1.86 bits per heavy atom. The van der Waals surface area contributed by atoms with E-state index in [0.29, 0.717) is 6.54 Å². The molecule has 2 rings (SSSR count). The maximum Gasteiger partial charge on any atom is 0.269 e. The van der Waals surface area contributed by atoms with Crippen molar-refractivity contribution in [2.24, 2.45) is 4.99 Å². The first-order valence-electron chi connectivity index (χ1n) is 9.73. The first kappa shape index (κ1) is 25.9. The van der Waals surface area contributed by atoms with Gasteiger partial charge in [-0.05, 0) is 37.0 Å². The van der Waals surface area contributed by atoms with Crippen LogP contribution in [0.5, 0.6) is 0 Å². The van der Waals surface area contributed by atoms with Gasteiger partial charge in [0.25, 0.3) is 5.69 Å². The van der Waals surface area contributed by atoms with Crippen molar-refractivity contribution >= 4 is 47.4 Å². The summed E-state index contributed by atoms with van der Waals surface area (Å²) in [5, 5.41) is 17.5. The average Bonchev–Trinajstić information content (AvgIpc) is 2.72. The molecule has 0 spiro atoms. The molecule has 1 fully saturated rings. The van der Waals surface area contributed by atoms with Gasteiger partial charge in [0, 0.05) is 38.3 Å². The fourth-order valence-corrected chi connectivity index (χ4v) is 3.26. The highest BCUT2D eigenvalue weighted by molar-refractivity contribution is 14.0. The lowest BCUT2D eigenvalue weighted by Crippen LogP contribution is -2.41. The summed E-state index contributed by atoms with van der Waals surface area (Å²) in [6.45, 7) is 6.93. The molecule has 29 heavy (non-hydrogen) atoms. The van der Waals surface area contributed by atoms with Gasteiger partial charge < -0.3 is 15.4 Å². The Morgan fingerprint density at radius 1 is 1.21 bits per heavy atom. The van der Waals surface area contributed by atoms with Crippen LogP contribution in [0.3, 0.4) is 0 Å². The molecular formula is C19H32IN5O3S. The molecule has 1 heterocycles. The number of rotatable bonds is 11. The molecule has 0 unspecified atom stereocenters. The van der Waals surface area contributed by atoms with Crippen molar-refractivity contribution in [3.05, 3.63) is 39.9 Å². The molecule has 2 N–H and O–H groups in total. The van der Waals surface area contributed by atoms with Gasteiger partial charge in [0.15, 0.2) is 5.96 Å². The third kappa shape index (κ3) is 11.0. The number of ether oxygens (including phenoxy) is 1. The largest absolute Gasteiger partial charge is 0.379 e. The monoisotopic (exact) mass is 537 g/mol. The van der Waals surface area contributed by atoms with Crippen molar-refractivity contribution in [1.29, 1.82) is 0 Å². The zero-order chi connectivity index (χ0) is 20.0. The van der Waals surface area contributed by atoms with E-state index in [2.05, 4.69) is 26.8 Å². The van der Waals surface area contributed by atoms with E-state index in [4.69, 9.17) is 4.74 Å². The van der Waals surface area contributed by atoms with Crippen molar-refractivity contribution in [2.75, 3.05) is 57.9 Å². The normalized spacial score (nSPS) is 14.9. The molecule has 0 bridgehead atoms. The molecule has 1 aliphatic rings. The molecule has 1 aliphatic heterocycles. The van der Waals surface area contributed by atoms with Crippen LogP contribution in [-0.2, 0) is 11.3 Å². The van der Waals surface area contributed by atoms with E-state index in [-0.39, 0.29) is 34.6 Å². The molecular weight excluding hydrogens is 505 g/mol. The predicted molar refractivity (Wildman–Crippen MR) is 131 cm³/mol. The van der Waals surface area contributed by atoms with Gasteiger partial charge in [-0.3, -0.25) is 15.0 Å². The third-order valence-electron chi connectivity index (χ3n) is 4.43. The highest BCUT2D eigenvalue weighted by Gasteiger charge is 2.09. The Labute approximate surface area is 194 Å². The molecule has 0 radical (unpaired) electrons. The minimum Gasteiger partial charge on any atom is -0.379 e. The molecule has 1 saturated heterocycles. The first-order chi connectivity index (χ1) is 13.7. The average molecular weight is 537 g/mol. The summed E-state index contributed by atoms with van der Waals surface area (Å²) in [6.07, 6.45) is 4.23. The van der Waals surface area contributed by atoms with Crippen LogP contribution in [-0.4, -0.2) is 73.7 Å². The lowest BCUT2D eigenvalue weighted by molar-refractivity contribution is -0.384. The third-order valence-corrected chi connectivity index (χ3v) is 5.13. The van der Waals surface area contributed by atoms with Crippen LogP contribution >= 0.6 is 35.7 Å². The zero-order valence-electron chi connectivity index (χ0n) is 17.0. The Kier molecular flexibility index (Phi) is 14.0. The fraction of sp³-hybridized carbons (Fsp3) is 0.632. The number of benzene rings is 1. The van der Waals surface area contributed by atoms with E-state index in [1.165, 1.54) is 12.1 Å². The van der Waals surface area contributed by atoms with Crippen LogP contribution in [0.1, 0.15) is 18.4 Å². The number of morpholine rings is 1. The Balaban J connectivity index is 0.00000420. The van der Waals surface area contributed by atoms with Gasteiger partial charge in [0.05, 0.1) is 24.7 Å². The second kappa shape index (κ2) is 15.7. The summed E-state index contributed by atoms with van der Waals surface area (Å²) in [5.41, 5.74) is 1.05. The van der Waals surface area contributed by atoms with Gasteiger partial charge >= 0.3 is 0 Å². The van der Waals surface area contributed by atoms with Crippen LogP contribution in [0.4, 0.5) is 5.69 Å². The van der Waals surface area contributed by atoms with Gasteiger partial charge in [0.2, 0.25) is 0 Å². The number of hydrogen-bond acceptors (Lipinski definition) is 6. The van der Waals surface area contributed by atoms with Crippen molar-refractivity contribution in [3.63, 3.8) is 0 Å². The molecule has 0 amide bonds. The lowest BCUT2D eigenvalue weighted by atomic mass is 10.2. The van der Waals surface area contributed by atoms with Crippen LogP contribution in [0.25, 0.3) is 0 Å². The van der Waals surface area contributed by atoms with Crippen LogP contribution in [0.2, 0.25) is 0 Å². The standard InChI is InChI=1S/C19H31N5O3S.HI/c1-28-15-3-9-21-19(20-8-2-10-23-11-13-27-14-12-23)22-16-17-4-6-18(7-5-17)24(25)26;/h4-7H,2-3,8-16H2,1H3,(H2,20,21,22);1H. The SMILES string of the molecule is CSCCCNC(=NCc1ccc([N+](=O)[O-])cc1)NCCCN1CCOCC1.I. The van der Waals surface area contributed by atoms with Gasteiger partial charge in [-0.1, -0.05) is 12.1 Å². The van der Waals surface area contributed by atoms with Gasteiger partial charge in [-0.25, -0.2) is 4.99 Å². The molecule has 8 nitrogen and oxygen atoms in total. The van der Waals surface area contributed by atoms with E-state index < -0.39 is 0 Å². The molecule has 0 saturated carbocycles. The van der Waals surface area contributed by atoms with E-state index >= 15 is 0 Å². The minimum absolute atomic E-state index is 0. The Bertz CT molecular complexity index is 612.